The number of ether oxygens (including phenoxy) is 3. The number of aryl methyl sites for hydroxylation is 1. The molecule has 2 saturated heterocycles. The Balaban J connectivity index is 1.41. The molecule has 11 nitrogen and oxygen atoms in total. The molecule has 1 aromatic rings. The van der Waals surface area contributed by atoms with Crippen molar-refractivity contribution in [3.05, 3.63) is 17.5 Å². The summed E-state index contributed by atoms with van der Waals surface area (Å²) in [6.45, 7) is 3.41. The molecule has 2 aliphatic rings. The summed E-state index contributed by atoms with van der Waals surface area (Å²) < 4.78 is 16.9. The first-order chi connectivity index (χ1) is 25.8. The minimum Gasteiger partial charge on any atom is -0.394 e. The maximum absolute atomic E-state index is 11.4. The Bertz CT molecular complexity index is 1010. The zero-order chi connectivity index (χ0) is 38.1. The molecule has 0 amide bonds. The minimum atomic E-state index is -1.56. The fourth-order valence-corrected chi connectivity index (χ4v) is 7.94. The van der Waals surface area contributed by atoms with Crippen molar-refractivity contribution in [2.75, 3.05) is 26.4 Å². The number of unbranched alkanes of at least 4 members (excludes halogenated alkanes) is 18. The van der Waals surface area contributed by atoms with E-state index in [4.69, 9.17) is 14.2 Å². The second-order valence-electron chi connectivity index (χ2n) is 16.1. The molecule has 0 saturated carbocycles. The van der Waals surface area contributed by atoms with Crippen LogP contribution in [0, 0.1) is 5.92 Å². The predicted molar refractivity (Wildman–Crippen MR) is 208 cm³/mol. The Morgan fingerprint density at radius 1 is 0.755 bits per heavy atom. The summed E-state index contributed by atoms with van der Waals surface area (Å²) in [6, 6.07) is 1.92. The molecule has 7 N–H and O–H groups in total. The van der Waals surface area contributed by atoms with Crippen LogP contribution >= 0.6 is 0 Å². The molecule has 1 aromatic heterocycles. The van der Waals surface area contributed by atoms with Crippen molar-refractivity contribution in [2.45, 2.75) is 216 Å². The molecular formula is C42H78N2O9. The third kappa shape index (κ3) is 18.1. The normalized spacial score (nSPS) is 24.4. The summed E-state index contributed by atoms with van der Waals surface area (Å²) in [5, 5.41) is 70.6. The molecule has 0 radical (unpaired) electrons. The van der Waals surface area contributed by atoms with Crippen LogP contribution in [0.25, 0.3) is 0 Å². The van der Waals surface area contributed by atoms with E-state index in [-0.39, 0.29) is 6.61 Å². The van der Waals surface area contributed by atoms with Gasteiger partial charge in [-0.25, -0.2) is 0 Å². The summed E-state index contributed by atoms with van der Waals surface area (Å²) in [5.41, 5.74) is 1.50. The Labute approximate surface area is 320 Å². The summed E-state index contributed by atoms with van der Waals surface area (Å²) >= 11 is 0. The van der Waals surface area contributed by atoms with E-state index in [1.165, 1.54) is 116 Å². The van der Waals surface area contributed by atoms with E-state index in [0.29, 0.717) is 12.1 Å². The Morgan fingerprint density at radius 2 is 1.32 bits per heavy atom. The van der Waals surface area contributed by atoms with E-state index < -0.39 is 55.4 Å². The van der Waals surface area contributed by atoms with Gasteiger partial charge in [-0.1, -0.05) is 135 Å². The highest BCUT2D eigenvalue weighted by atomic mass is 16.7. The first-order valence-electron chi connectivity index (χ1n) is 21.8. The van der Waals surface area contributed by atoms with Gasteiger partial charge < -0.3 is 44.8 Å². The standard InChI is InChI=1S/C42H78N2O9/c1-2-3-4-5-6-7-8-9-10-15-18-21-24-36(46)38(47)34(31-52-42-41(50)40(49)39(48)37(30-45)53-42)35-29-33(43-44-35)23-20-17-14-12-11-13-16-19-22-32-25-27-51-28-26-32/h29,32,34,36-42,45-50H,2-28,30-31H2,1H3,(H,43,44)/t34-,36-,37?,38+,39?,40?,41?,42?/m1/s1. The average Bonchev–Trinajstić information content (AvgIpc) is 3.64. The van der Waals surface area contributed by atoms with E-state index in [0.717, 1.165) is 63.4 Å². The summed E-state index contributed by atoms with van der Waals surface area (Å²) in [4.78, 5) is 0. The van der Waals surface area contributed by atoms with Gasteiger partial charge in [-0.15, -0.1) is 0 Å². The zero-order valence-corrected chi connectivity index (χ0v) is 33.1. The number of aliphatic hydroxyl groups is 6. The van der Waals surface area contributed by atoms with E-state index in [1.54, 1.807) is 0 Å². The Kier molecular flexibility index (Phi) is 24.7. The van der Waals surface area contributed by atoms with Crippen LogP contribution < -0.4 is 0 Å². The van der Waals surface area contributed by atoms with Gasteiger partial charge in [0, 0.05) is 18.9 Å². The molecule has 11 heteroatoms. The van der Waals surface area contributed by atoms with Gasteiger partial charge in [0.1, 0.15) is 24.4 Å². The fraction of sp³-hybridized carbons (Fsp3) is 0.929. The molecule has 0 aromatic carbocycles. The van der Waals surface area contributed by atoms with Gasteiger partial charge in [0.05, 0.1) is 37.0 Å². The van der Waals surface area contributed by atoms with Crippen LogP contribution in [0.15, 0.2) is 6.07 Å². The van der Waals surface area contributed by atoms with Crippen LogP contribution in [0.2, 0.25) is 0 Å². The molecule has 310 valence electrons. The van der Waals surface area contributed by atoms with Crippen LogP contribution in [0.1, 0.15) is 178 Å². The number of rotatable bonds is 31. The second-order valence-corrected chi connectivity index (χ2v) is 16.1. The third-order valence-corrected chi connectivity index (χ3v) is 11.6. The highest BCUT2D eigenvalue weighted by molar-refractivity contribution is 5.16. The SMILES string of the molecule is CCCCCCCCCCCCCC[C@@H](O)[C@@H](O)[C@H](COC1OC(CO)C(O)C(O)C1O)c1cc(CCCCCCCCCCC2CCOCC2)[nH]n1. The van der Waals surface area contributed by atoms with Crippen LogP contribution in [-0.2, 0) is 20.6 Å². The van der Waals surface area contributed by atoms with E-state index >= 15 is 0 Å². The van der Waals surface area contributed by atoms with Crippen LogP contribution in [0.4, 0.5) is 0 Å². The van der Waals surface area contributed by atoms with Crippen molar-refractivity contribution >= 4 is 0 Å². The Morgan fingerprint density at radius 3 is 1.92 bits per heavy atom. The molecule has 2 fully saturated rings. The molecule has 0 spiro atoms. The zero-order valence-electron chi connectivity index (χ0n) is 33.1. The highest BCUT2D eigenvalue weighted by Crippen LogP contribution is 2.28. The molecule has 3 heterocycles. The van der Waals surface area contributed by atoms with E-state index in [9.17, 15) is 30.6 Å². The molecule has 2 aliphatic heterocycles. The molecular weight excluding hydrogens is 676 g/mol. The van der Waals surface area contributed by atoms with Crippen LogP contribution in [0.3, 0.4) is 0 Å². The van der Waals surface area contributed by atoms with Crippen molar-refractivity contribution in [1.29, 1.82) is 0 Å². The number of hydrogen-bond donors (Lipinski definition) is 7. The third-order valence-electron chi connectivity index (χ3n) is 11.6. The molecule has 5 unspecified atom stereocenters. The molecule has 0 aliphatic carbocycles. The maximum atomic E-state index is 11.4. The van der Waals surface area contributed by atoms with Gasteiger partial charge in [-0.2, -0.15) is 5.10 Å². The smallest absolute Gasteiger partial charge is 0.186 e. The average molecular weight is 755 g/mol. The topological polar surface area (TPSA) is 178 Å². The number of nitrogens with zero attached hydrogens (tertiary/aromatic N) is 1. The number of H-pyrrole nitrogens is 1. The predicted octanol–water partition coefficient (Wildman–Crippen LogP) is 6.60. The summed E-state index contributed by atoms with van der Waals surface area (Å²) in [6.07, 6.45) is 20.4. The fourth-order valence-electron chi connectivity index (χ4n) is 7.94. The molecule has 0 bridgehead atoms. The molecule has 8 atom stereocenters. The van der Waals surface area contributed by atoms with Gasteiger partial charge in [0.2, 0.25) is 0 Å². The van der Waals surface area contributed by atoms with Crippen molar-refractivity contribution < 1.29 is 44.8 Å². The van der Waals surface area contributed by atoms with Gasteiger partial charge in [-0.05, 0) is 44.1 Å². The molecule has 3 rings (SSSR count). The lowest BCUT2D eigenvalue weighted by atomic mass is 9.91. The van der Waals surface area contributed by atoms with Crippen LogP contribution in [-0.4, -0.2) is 110 Å². The summed E-state index contributed by atoms with van der Waals surface area (Å²) in [5.74, 6) is 0.139. The first kappa shape index (κ1) is 46.2. The van der Waals surface area contributed by atoms with Crippen molar-refractivity contribution in [3.8, 4) is 0 Å². The maximum Gasteiger partial charge on any atom is 0.186 e. The number of aromatic amines is 1. The van der Waals surface area contributed by atoms with Crippen molar-refractivity contribution in [2.24, 2.45) is 5.92 Å². The quantitative estimate of drug-likeness (QED) is 0.0409. The first-order valence-corrected chi connectivity index (χ1v) is 21.8. The highest BCUT2D eigenvalue weighted by Gasteiger charge is 2.44. The van der Waals surface area contributed by atoms with Crippen LogP contribution in [0.5, 0.6) is 0 Å². The van der Waals surface area contributed by atoms with E-state index in [1.807, 2.05) is 6.07 Å². The second kappa shape index (κ2) is 28.3. The van der Waals surface area contributed by atoms with Crippen molar-refractivity contribution in [3.63, 3.8) is 0 Å². The molecule has 53 heavy (non-hydrogen) atoms. The number of hydrogen-bond acceptors (Lipinski definition) is 10. The Hall–Kier alpha value is -1.15. The monoisotopic (exact) mass is 755 g/mol. The van der Waals surface area contributed by atoms with Gasteiger partial charge in [-0.3, -0.25) is 5.10 Å². The van der Waals surface area contributed by atoms with E-state index in [2.05, 4.69) is 17.1 Å². The van der Waals surface area contributed by atoms with Gasteiger partial charge in [0.15, 0.2) is 6.29 Å². The lowest BCUT2D eigenvalue weighted by Crippen LogP contribution is -2.59. The van der Waals surface area contributed by atoms with Crippen molar-refractivity contribution in [1.82, 2.24) is 10.2 Å². The number of aliphatic hydroxyl groups excluding tert-OH is 6. The minimum absolute atomic E-state index is 0.154. The lowest BCUT2D eigenvalue weighted by molar-refractivity contribution is -0.303. The number of nitrogens with one attached hydrogen (secondary N) is 1. The largest absolute Gasteiger partial charge is 0.394 e. The van der Waals surface area contributed by atoms with Gasteiger partial charge in [0.25, 0.3) is 0 Å². The summed E-state index contributed by atoms with van der Waals surface area (Å²) in [7, 11) is 0. The lowest BCUT2D eigenvalue weighted by Gasteiger charge is -2.40. The number of aromatic nitrogens is 2. The van der Waals surface area contributed by atoms with Gasteiger partial charge >= 0.3 is 0 Å².